The van der Waals surface area contributed by atoms with Crippen molar-refractivity contribution in [3.8, 4) is 5.75 Å². The van der Waals surface area contributed by atoms with Crippen molar-refractivity contribution in [3.63, 3.8) is 0 Å². The molecule has 0 bridgehead atoms. The van der Waals surface area contributed by atoms with Crippen LogP contribution in [0.5, 0.6) is 5.75 Å². The number of hydrogen-bond donors (Lipinski definition) is 1. The number of amides is 1. The average Bonchev–Trinajstić information content (AvgIpc) is 2.60. The summed E-state index contributed by atoms with van der Waals surface area (Å²) < 4.78 is 30.5. The maximum atomic E-state index is 12.2. The molecule has 0 heterocycles. The van der Waals surface area contributed by atoms with E-state index in [2.05, 4.69) is 5.32 Å². The molecule has 0 saturated heterocycles. The first kappa shape index (κ1) is 19.9. The van der Waals surface area contributed by atoms with Crippen LogP contribution >= 0.6 is 0 Å². The molecule has 1 amide bonds. The van der Waals surface area contributed by atoms with Gasteiger partial charge in [-0.05, 0) is 48.7 Å². The Kier molecular flexibility index (Phi) is 6.39. The Morgan fingerprint density at radius 3 is 2.35 bits per heavy atom. The van der Waals surface area contributed by atoms with Crippen LogP contribution < -0.4 is 10.1 Å². The highest BCUT2D eigenvalue weighted by atomic mass is 32.2. The second kappa shape index (κ2) is 8.33. The van der Waals surface area contributed by atoms with Gasteiger partial charge in [0.2, 0.25) is 15.9 Å². The van der Waals surface area contributed by atoms with Crippen LogP contribution in [0, 0.1) is 6.92 Å². The highest BCUT2D eigenvalue weighted by Gasteiger charge is 2.16. The molecule has 0 aliphatic rings. The molecule has 0 spiro atoms. The van der Waals surface area contributed by atoms with E-state index in [0.29, 0.717) is 17.9 Å². The van der Waals surface area contributed by atoms with Crippen LogP contribution in [0.2, 0.25) is 0 Å². The molecule has 1 N–H and O–H groups in total. The maximum Gasteiger partial charge on any atom is 0.242 e. The lowest BCUT2D eigenvalue weighted by atomic mass is 10.1. The van der Waals surface area contributed by atoms with Crippen LogP contribution in [0.15, 0.2) is 47.4 Å². The average molecular weight is 376 g/mol. The van der Waals surface area contributed by atoms with Crippen molar-refractivity contribution in [1.29, 1.82) is 0 Å². The molecule has 0 aliphatic heterocycles. The summed E-state index contributed by atoms with van der Waals surface area (Å²) in [4.78, 5) is 12.4. The number of carbonyl (C=O) groups excluding carboxylic acids is 1. The van der Waals surface area contributed by atoms with Gasteiger partial charge in [0.25, 0.3) is 0 Å². The highest BCUT2D eigenvalue weighted by molar-refractivity contribution is 7.89. The lowest BCUT2D eigenvalue weighted by Gasteiger charge is -2.12. The fraction of sp³-hybridized carbons (Fsp3) is 0.316. The Bertz CT molecular complexity index is 875. The van der Waals surface area contributed by atoms with Gasteiger partial charge >= 0.3 is 0 Å². The molecule has 0 atom stereocenters. The molecule has 0 aliphatic carbocycles. The Labute approximate surface area is 154 Å². The van der Waals surface area contributed by atoms with Gasteiger partial charge in [0.15, 0.2) is 0 Å². The predicted molar refractivity (Wildman–Crippen MR) is 102 cm³/mol. The van der Waals surface area contributed by atoms with Crippen LogP contribution in [-0.4, -0.2) is 39.8 Å². The third-order valence-corrected chi connectivity index (χ3v) is 5.80. The molecule has 0 aromatic heterocycles. The second-order valence-corrected chi connectivity index (χ2v) is 8.34. The fourth-order valence-corrected chi connectivity index (χ4v) is 3.33. The molecule has 26 heavy (non-hydrogen) atoms. The van der Waals surface area contributed by atoms with Crippen molar-refractivity contribution in [2.24, 2.45) is 0 Å². The molecular formula is C19H24N2O4S. The number of anilines is 1. The Morgan fingerprint density at radius 2 is 1.77 bits per heavy atom. The molecule has 6 nitrogen and oxygen atoms in total. The third-order valence-electron chi connectivity index (χ3n) is 3.97. The zero-order valence-electron chi connectivity index (χ0n) is 15.4. The van der Waals surface area contributed by atoms with Gasteiger partial charge in [-0.3, -0.25) is 4.79 Å². The standard InChI is InChI=1S/C19H24N2O4S/c1-14-5-11-18(25-4)17(13-14)20-19(22)12-8-15-6-9-16(10-7-15)26(23,24)21(2)3/h5-7,9-11,13H,8,12H2,1-4H3,(H,20,22). The van der Waals surface area contributed by atoms with E-state index in [9.17, 15) is 13.2 Å². The summed E-state index contributed by atoms with van der Waals surface area (Å²) in [6.07, 6.45) is 0.805. The Balaban J connectivity index is 1.99. The molecular weight excluding hydrogens is 352 g/mol. The van der Waals surface area contributed by atoms with Gasteiger partial charge in [0.1, 0.15) is 5.75 Å². The summed E-state index contributed by atoms with van der Waals surface area (Å²) in [7, 11) is 1.11. The fourth-order valence-electron chi connectivity index (χ4n) is 2.43. The quantitative estimate of drug-likeness (QED) is 0.806. The minimum absolute atomic E-state index is 0.126. The number of hydrogen-bond acceptors (Lipinski definition) is 4. The van der Waals surface area contributed by atoms with Gasteiger partial charge in [-0.15, -0.1) is 0 Å². The largest absolute Gasteiger partial charge is 0.495 e. The number of nitrogens with zero attached hydrogens (tertiary/aromatic N) is 1. The predicted octanol–water partition coefficient (Wildman–Crippen LogP) is 2.83. The number of methoxy groups -OCH3 is 1. The first-order valence-corrected chi connectivity index (χ1v) is 9.64. The van der Waals surface area contributed by atoms with Gasteiger partial charge in [0.05, 0.1) is 17.7 Å². The minimum Gasteiger partial charge on any atom is -0.495 e. The van der Waals surface area contributed by atoms with E-state index in [-0.39, 0.29) is 17.2 Å². The van der Waals surface area contributed by atoms with E-state index >= 15 is 0 Å². The van der Waals surface area contributed by atoms with Crippen molar-refractivity contribution in [1.82, 2.24) is 4.31 Å². The van der Waals surface area contributed by atoms with Crippen LogP contribution in [0.25, 0.3) is 0 Å². The summed E-state index contributed by atoms with van der Waals surface area (Å²) in [5, 5.41) is 2.86. The summed E-state index contributed by atoms with van der Waals surface area (Å²) in [6, 6.07) is 12.2. The van der Waals surface area contributed by atoms with Gasteiger partial charge in [-0.1, -0.05) is 18.2 Å². The van der Waals surface area contributed by atoms with Crippen molar-refractivity contribution >= 4 is 21.6 Å². The van der Waals surface area contributed by atoms with Crippen LogP contribution in [0.1, 0.15) is 17.5 Å². The van der Waals surface area contributed by atoms with E-state index in [1.807, 2.05) is 25.1 Å². The van der Waals surface area contributed by atoms with Gasteiger partial charge in [0, 0.05) is 20.5 Å². The van der Waals surface area contributed by atoms with Crippen molar-refractivity contribution in [2.75, 3.05) is 26.5 Å². The van der Waals surface area contributed by atoms with Gasteiger partial charge < -0.3 is 10.1 Å². The molecule has 2 rings (SSSR count). The van der Waals surface area contributed by atoms with E-state index < -0.39 is 10.0 Å². The first-order valence-electron chi connectivity index (χ1n) is 8.20. The number of benzene rings is 2. The van der Waals surface area contributed by atoms with Crippen LogP contribution in [0.3, 0.4) is 0 Å². The summed E-state index contributed by atoms with van der Waals surface area (Å²) in [5.41, 5.74) is 2.57. The molecule has 7 heteroatoms. The third kappa shape index (κ3) is 4.83. The number of rotatable bonds is 7. The first-order chi connectivity index (χ1) is 12.2. The number of ether oxygens (including phenoxy) is 1. The SMILES string of the molecule is COc1ccc(C)cc1NC(=O)CCc1ccc(S(=O)(=O)N(C)C)cc1. The number of carbonyl (C=O) groups is 1. The van der Waals surface area contributed by atoms with E-state index in [4.69, 9.17) is 4.74 Å². The molecule has 0 saturated carbocycles. The monoisotopic (exact) mass is 376 g/mol. The highest BCUT2D eigenvalue weighted by Crippen LogP contribution is 2.25. The van der Waals surface area contributed by atoms with Crippen molar-refractivity contribution < 1.29 is 17.9 Å². The number of nitrogens with one attached hydrogen (secondary N) is 1. The Morgan fingerprint density at radius 1 is 1.12 bits per heavy atom. The molecule has 0 fully saturated rings. The lowest BCUT2D eigenvalue weighted by Crippen LogP contribution is -2.22. The molecule has 140 valence electrons. The minimum atomic E-state index is -3.44. The second-order valence-electron chi connectivity index (χ2n) is 6.18. The lowest BCUT2D eigenvalue weighted by molar-refractivity contribution is -0.116. The maximum absolute atomic E-state index is 12.2. The van der Waals surface area contributed by atoms with E-state index in [1.54, 1.807) is 31.4 Å². The topological polar surface area (TPSA) is 75.7 Å². The van der Waals surface area contributed by atoms with Gasteiger partial charge in [-0.25, -0.2) is 12.7 Å². The summed E-state index contributed by atoms with van der Waals surface area (Å²) in [6.45, 7) is 1.94. The van der Waals surface area contributed by atoms with Gasteiger partial charge in [-0.2, -0.15) is 0 Å². The number of sulfonamides is 1. The smallest absolute Gasteiger partial charge is 0.242 e. The molecule has 0 radical (unpaired) electrons. The molecule has 0 unspecified atom stereocenters. The molecule has 2 aromatic rings. The zero-order valence-corrected chi connectivity index (χ0v) is 16.3. The zero-order chi connectivity index (χ0) is 19.3. The van der Waals surface area contributed by atoms with E-state index in [1.165, 1.54) is 18.4 Å². The Hall–Kier alpha value is -2.38. The van der Waals surface area contributed by atoms with Crippen LogP contribution in [-0.2, 0) is 21.2 Å². The summed E-state index contributed by atoms with van der Waals surface area (Å²) >= 11 is 0. The number of aryl methyl sites for hydroxylation is 2. The van der Waals surface area contributed by atoms with E-state index in [0.717, 1.165) is 11.1 Å². The van der Waals surface area contributed by atoms with Crippen molar-refractivity contribution in [3.05, 3.63) is 53.6 Å². The summed E-state index contributed by atoms with van der Waals surface area (Å²) in [5.74, 6) is 0.487. The normalized spacial score (nSPS) is 11.4. The molecule has 2 aromatic carbocycles. The van der Waals surface area contributed by atoms with Crippen LogP contribution in [0.4, 0.5) is 5.69 Å². The van der Waals surface area contributed by atoms with Crippen molar-refractivity contribution in [2.45, 2.75) is 24.7 Å².